The van der Waals surface area contributed by atoms with Crippen LogP contribution in [0.1, 0.15) is 32.4 Å². The molecule has 5 heteroatoms. The van der Waals surface area contributed by atoms with E-state index in [2.05, 4.69) is 28.4 Å². The van der Waals surface area contributed by atoms with Crippen LogP contribution < -0.4 is 10.5 Å². The van der Waals surface area contributed by atoms with E-state index in [-0.39, 0.29) is 0 Å². The predicted molar refractivity (Wildman–Crippen MR) is 110 cm³/mol. The van der Waals surface area contributed by atoms with E-state index < -0.39 is 0 Å². The summed E-state index contributed by atoms with van der Waals surface area (Å²) in [6.07, 6.45) is 4.57. The predicted octanol–water partition coefficient (Wildman–Crippen LogP) is 4.21. The summed E-state index contributed by atoms with van der Waals surface area (Å²) in [5.74, 6) is 1.64. The number of nitrogens with two attached hydrogens (primary N) is 1. The Hall–Kier alpha value is -2.53. The normalized spacial score (nSPS) is 18.1. The molecule has 0 saturated carbocycles. The van der Waals surface area contributed by atoms with Crippen LogP contribution in [-0.2, 0) is 6.54 Å². The minimum Gasteiger partial charge on any atom is -0.494 e. The molecule has 1 atom stereocenters. The van der Waals surface area contributed by atoms with Crippen LogP contribution >= 0.6 is 0 Å². The average Bonchev–Trinajstić information content (AvgIpc) is 3.00. The van der Waals surface area contributed by atoms with Crippen LogP contribution in [0.15, 0.2) is 42.6 Å². The van der Waals surface area contributed by atoms with Crippen molar-refractivity contribution in [2.75, 3.05) is 25.4 Å². The van der Waals surface area contributed by atoms with Crippen LogP contribution in [0.4, 0.5) is 5.69 Å². The third-order valence-corrected chi connectivity index (χ3v) is 5.29. The number of likely N-dealkylation sites (tertiary alicyclic amines) is 1. The fraction of sp³-hybridized carbons (Fsp3) is 0.409. The van der Waals surface area contributed by atoms with Gasteiger partial charge in [0, 0.05) is 30.5 Å². The number of rotatable bonds is 5. The fourth-order valence-electron chi connectivity index (χ4n) is 4.01. The van der Waals surface area contributed by atoms with E-state index >= 15 is 0 Å². The number of imidazole rings is 1. The highest BCUT2D eigenvalue weighted by Crippen LogP contribution is 2.29. The Morgan fingerprint density at radius 3 is 2.74 bits per heavy atom. The van der Waals surface area contributed by atoms with E-state index in [9.17, 15) is 0 Å². The highest BCUT2D eigenvalue weighted by Gasteiger charge is 2.21. The lowest BCUT2D eigenvalue weighted by Gasteiger charge is -2.30. The van der Waals surface area contributed by atoms with Gasteiger partial charge in [0.1, 0.15) is 11.4 Å². The number of aromatic nitrogens is 2. The summed E-state index contributed by atoms with van der Waals surface area (Å²) in [5, 5.41) is 0. The van der Waals surface area contributed by atoms with Gasteiger partial charge < -0.3 is 14.9 Å². The molecule has 3 aromatic rings. The number of anilines is 1. The van der Waals surface area contributed by atoms with Crippen LogP contribution in [0, 0.1) is 5.92 Å². The third kappa shape index (κ3) is 3.78. The van der Waals surface area contributed by atoms with E-state index in [0.29, 0.717) is 6.61 Å². The molecule has 1 aliphatic rings. The second kappa shape index (κ2) is 7.61. The zero-order valence-corrected chi connectivity index (χ0v) is 16.2. The van der Waals surface area contributed by atoms with Crippen LogP contribution in [0.2, 0.25) is 0 Å². The molecule has 5 nitrogen and oxygen atoms in total. The molecule has 0 aliphatic carbocycles. The molecule has 3 heterocycles. The van der Waals surface area contributed by atoms with E-state index in [1.807, 2.05) is 37.4 Å². The maximum absolute atomic E-state index is 6.07. The number of hydrogen-bond acceptors (Lipinski definition) is 4. The molecule has 142 valence electrons. The topological polar surface area (TPSA) is 55.8 Å². The van der Waals surface area contributed by atoms with Crippen LogP contribution in [-0.4, -0.2) is 34.0 Å². The maximum Gasteiger partial charge on any atom is 0.137 e. The van der Waals surface area contributed by atoms with Crippen molar-refractivity contribution < 1.29 is 4.74 Å². The zero-order valence-electron chi connectivity index (χ0n) is 16.2. The smallest absolute Gasteiger partial charge is 0.137 e. The van der Waals surface area contributed by atoms with Crippen LogP contribution in [0.5, 0.6) is 5.75 Å². The van der Waals surface area contributed by atoms with Crippen molar-refractivity contribution in [3.8, 4) is 17.0 Å². The third-order valence-electron chi connectivity index (χ3n) is 5.29. The van der Waals surface area contributed by atoms with Gasteiger partial charge in [-0.25, -0.2) is 4.98 Å². The lowest BCUT2D eigenvalue weighted by atomic mass is 10.00. The number of fused-ring (bicyclic) bond motifs is 1. The summed E-state index contributed by atoms with van der Waals surface area (Å²) in [6, 6.07) is 12.1. The van der Waals surface area contributed by atoms with Gasteiger partial charge >= 0.3 is 0 Å². The van der Waals surface area contributed by atoms with Gasteiger partial charge in [0.25, 0.3) is 0 Å². The lowest BCUT2D eigenvalue weighted by Crippen LogP contribution is -2.34. The first-order chi connectivity index (χ1) is 13.1. The van der Waals surface area contributed by atoms with Crippen molar-refractivity contribution in [2.24, 2.45) is 5.92 Å². The molecule has 0 amide bonds. The van der Waals surface area contributed by atoms with Gasteiger partial charge in [0.15, 0.2) is 0 Å². The van der Waals surface area contributed by atoms with Crippen LogP contribution in [0.25, 0.3) is 16.9 Å². The molecule has 0 spiro atoms. The molecule has 1 aromatic carbocycles. The Morgan fingerprint density at radius 2 is 2.00 bits per heavy atom. The molecule has 2 N–H and O–H groups in total. The first kappa shape index (κ1) is 17.9. The number of ether oxygens (including phenoxy) is 1. The van der Waals surface area contributed by atoms with Gasteiger partial charge in [-0.15, -0.1) is 0 Å². The van der Waals surface area contributed by atoms with Crippen molar-refractivity contribution in [3.63, 3.8) is 0 Å². The Balaban J connectivity index is 1.74. The molecular formula is C22H28N4O. The second-order valence-electron chi connectivity index (χ2n) is 7.54. The average molecular weight is 364 g/mol. The molecule has 1 aliphatic heterocycles. The molecule has 2 aromatic heterocycles. The molecular weight excluding hydrogens is 336 g/mol. The highest BCUT2D eigenvalue weighted by molar-refractivity contribution is 5.68. The summed E-state index contributed by atoms with van der Waals surface area (Å²) < 4.78 is 7.74. The molecule has 1 unspecified atom stereocenters. The standard InChI is InChI=1S/C22H28N4O/c1-3-27-19-9-6-17(7-10-19)22-20(15-25-12-4-5-16(2)13-25)26-14-18(23)8-11-21(26)24-22/h6-11,14,16H,3-5,12-13,15,23H2,1-2H3. The monoisotopic (exact) mass is 364 g/mol. The first-order valence-electron chi connectivity index (χ1n) is 9.86. The van der Waals surface area contributed by atoms with Crippen molar-refractivity contribution in [1.82, 2.24) is 14.3 Å². The van der Waals surface area contributed by atoms with Gasteiger partial charge in [0.2, 0.25) is 0 Å². The fourth-order valence-corrected chi connectivity index (χ4v) is 4.01. The van der Waals surface area contributed by atoms with Crippen molar-refractivity contribution in [2.45, 2.75) is 33.2 Å². The Morgan fingerprint density at radius 1 is 1.19 bits per heavy atom. The SMILES string of the molecule is CCOc1ccc(-c2nc3ccc(N)cn3c2CN2CCCC(C)C2)cc1. The lowest BCUT2D eigenvalue weighted by molar-refractivity contribution is 0.174. The number of benzene rings is 1. The second-order valence-corrected chi connectivity index (χ2v) is 7.54. The maximum atomic E-state index is 6.07. The van der Waals surface area contributed by atoms with Crippen molar-refractivity contribution >= 4 is 11.3 Å². The van der Waals surface area contributed by atoms with E-state index in [0.717, 1.165) is 53.9 Å². The van der Waals surface area contributed by atoms with E-state index in [4.69, 9.17) is 15.5 Å². The molecule has 1 saturated heterocycles. The molecule has 27 heavy (non-hydrogen) atoms. The number of nitrogens with zero attached hydrogens (tertiary/aromatic N) is 3. The number of pyridine rings is 1. The molecule has 0 radical (unpaired) electrons. The van der Waals surface area contributed by atoms with Gasteiger partial charge in [-0.2, -0.15) is 0 Å². The summed E-state index contributed by atoms with van der Waals surface area (Å²) in [6.45, 7) is 8.17. The van der Waals surface area contributed by atoms with Gasteiger partial charge in [-0.3, -0.25) is 4.90 Å². The molecule has 0 bridgehead atoms. The first-order valence-corrected chi connectivity index (χ1v) is 9.86. The summed E-state index contributed by atoms with van der Waals surface area (Å²) in [5.41, 5.74) is 11.1. The Bertz CT molecular complexity index is 916. The van der Waals surface area contributed by atoms with Gasteiger partial charge in [-0.05, 0) is 68.6 Å². The largest absolute Gasteiger partial charge is 0.494 e. The van der Waals surface area contributed by atoms with E-state index in [1.165, 1.54) is 18.5 Å². The highest BCUT2D eigenvalue weighted by atomic mass is 16.5. The van der Waals surface area contributed by atoms with Gasteiger partial charge in [0.05, 0.1) is 18.0 Å². The number of nitrogen functional groups attached to an aromatic ring is 1. The summed E-state index contributed by atoms with van der Waals surface area (Å²) in [4.78, 5) is 7.46. The van der Waals surface area contributed by atoms with Crippen molar-refractivity contribution in [3.05, 3.63) is 48.3 Å². The quantitative estimate of drug-likeness (QED) is 0.737. The molecule has 4 rings (SSSR count). The summed E-state index contributed by atoms with van der Waals surface area (Å²) >= 11 is 0. The number of piperidine rings is 1. The minimum absolute atomic E-state index is 0.672. The number of hydrogen-bond donors (Lipinski definition) is 1. The Labute approximate surface area is 160 Å². The Kier molecular flexibility index (Phi) is 5.03. The van der Waals surface area contributed by atoms with Crippen molar-refractivity contribution in [1.29, 1.82) is 0 Å². The van der Waals surface area contributed by atoms with Gasteiger partial charge in [-0.1, -0.05) is 6.92 Å². The summed E-state index contributed by atoms with van der Waals surface area (Å²) in [7, 11) is 0. The van der Waals surface area contributed by atoms with Crippen LogP contribution in [0.3, 0.4) is 0 Å². The molecule has 1 fully saturated rings. The minimum atomic E-state index is 0.672. The zero-order chi connectivity index (χ0) is 18.8. The van der Waals surface area contributed by atoms with E-state index in [1.54, 1.807) is 0 Å².